The average Bonchev–Trinajstić information content (AvgIpc) is 2.45. The molecule has 1 atom stereocenters. The molecule has 0 radical (unpaired) electrons. The molecule has 0 aliphatic carbocycles. The Morgan fingerprint density at radius 3 is 2.83 bits per heavy atom. The van der Waals surface area contributed by atoms with E-state index < -0.39 is 0 Å². The summed E-state index contributed by atoms with van der Waals surface area (Å²) in [4.78, 5) is 2.35. The lowest BCUT2D eigenvalue weighted by Gasteiger charge is -2.31. The standard InChI is InChI=1S/C16H18N2/c17-12-6-14-18-13-5-4-9-16(18)11-10-15-7-2-1-3-8-15/h1-3,7-8,16H,4-6,9,13-14H2. The topological polar surface area (TPSA) is 27.0 Å². The van der Waals surface area contributed by atoms with Crippen molar-refractivity contribution in [1.29, 1.82) is 5.26 Å². The van der Waals surface area contributed by atoms with Crippen LogP contribution in [0.5, 0.6) is 0 Å². The van der Waals surface area contributed by atoms with Gasteiger partial charge in [-0.2, -0.15) is 5.26 Å². The van der Waals surface area contributed by atoms with Crippen LogP contribution in [0.2, 0.25) is 0 Å². The minimum absolute atomic E-state index is 0.326. The fourth-order valence-corrected chi connectivity index (χ4v) is 2.30. The third-order valence-corrected chi connectivity index (χ3v) is 3.28. The van der Waals surface area contributed by atoms with Crippen LogP contribution in [0.3, 0.4) is 0 Å². The Morgan fingerprint density at radius 2 is 2.06 bits per heavy atom. The lowest BCUT2D eigenvalue weighted by atomic mass is 10.0. The third kappa shape index (κ3) is 3.62. The van der Waals surface area contributed by atoms with Crippen molar-refractivity contribution in [3.63, 3.8) is 0 Å². The number of hydrogen-bond acceptors (Lipinski definition) is 2. The Balaban J connectivity index is 2.02. The number of rotatable bonds is 2. The van der Waals surface area contributed by atoms with Gasteiger partial charge in [0.15, 0.2) is 0 Å². The van der Waals surface area contributed by atoms with Crippen molar-refractivity contribution >= 4 is 0 Å². The first kappa shape index (κ1) is 12.7. The summed E-state index contributed by atoms with van der Waals surface area (Å²) < 4.78 is 0. The molecule has 0 N–H and O–H groups in total. The van der Waals surface area contributed by atoms with Gasteiger partial charge in [0.05, 0.1) is 12.1 Å². The molecular formula is C16H18N2. The highest BCUT2D eigenvalue weighted by molar-refractivity contribution is 5.34. The first-order chi connectivity index (χ1) is 8.90. The highest BCUT2D eigenvalue weighted by Gasteiger charge is 2.19. The zero-order chi connectivity index (χ0) is 12.6. The summed E-state index contributed by atoms with van der Waals surface area (Å²) in [6.45, 7) is 1.93. The molecule has 2 rings (SSSR count). The van der Waals surface area contributed by atoms with Crippen molar-refractivity contribution in [2.24, 2.45) is 0 Å². The Bertz CT molecular complexity index is 461. The van der Waals surface area contributed by atoms with E-state index in [-0.39, 0.29) is 0 Å². The Morgan fingerprint density at radius 1 is 1.22 bits per heavy atom. The van der Waals surface area contributed by atoms with Gasteiger partial charge in [0.2, 0.25) is 0 Å². The largest absolute Gasteiger partial charge is 0.289 e. The molecular weight excluding hydrogens is 220 g/mol. The molecule has 0 aromatic heterocycles. The predicted molar refractivity (Wildman–Crippen MR) is 72.8 cm³/mol. The van der Waals surface area contributed by atoms with Gasteiger partial charge in [-0.25, -0.2) is 0 Å². The molecule has 2 nitrogen and oxygen atoms in total. The molecule has 0 saturated carbocycles. The average molecular weight is 238 g/mol. The summed E-state index contributed by atoms with van der Waals surface area (Å²) in [5, 5.41) is 8.68. The highest BCUT2D eigenvalue weighted by Crippen LogP contribution is 2.16. The van der Waals surface area contributed by atoms with Crippen molar-refractivity contribution in [3.05, 3.63) is 35.9 Å². The van der Waals surface area contributed by atoms with Gasteiger partial charge in [0.25, 0.3) is 0 Å². The molecule has 0 bridgehead atoms. The number of benzene rings is 1. The molecule has 0 amide bonds. The van der Waals surface area contributed by atoms with Gasteiger partial charge in [0, 0.05) is 18.5 Å². The zero-order valence-corrected chi connectivity index (χ0v) is 10.6. The van der Waals surface area contributed by atoms with Crippen molar-refractivity contribution in [2.45, 2.75) is 31.7 Å². The minimum atomic E-state index is 0.326. The summed E-state index contributed by atoms with van der Waals surface area (Å²) in [6, 6.07) is 12.6. The second kappa shape index (κ2) is 6.84. The van der Waals surface area contributed by atoms with Gasteiger partial charge in [0.1, 0.15) is 0 Å². The van der Waals surface area contributed by atoms with E-state index in [4.69, 9.17) is 5.26 Å². The third-order valence-electron chi connectivity index (χ3n) is 3.28. The van der Waals surface area contributed by atoms with E-state index in [1.165, 1.54) is 12.8 Å². The van der Waals surface area contributed by atoms with Crippen LogP contribution in [0, 0.1) is 23.2 Å². The van der Waals surface area contributed by atoms with Gasteiger partial charge < -0.3 is 0 Å². The fourth-order valence-electron chi connectivity index (χ4n) is 2.30. The molecule has 1 unspecified atom stereocenters. The molecule has 1 aromatic carbocycles. The molecule has 1 heterocycles. The minimum Gasteiger partial charge on any atom is -0.289 e. The molecule has 2 heteroatoms. The summed E-state index contributed by atoms with van der Waals surface area (Å²) in [6.07, 6.45) is 4.21. The van der Waals surface area contributed by atoms with Crippen LogP contribution in [-0.4, -0.2) is 24.0 Å². The SMILES string of the molecule is N#CCCN1CCCCC1C#Cc1ccccc1. The Kier molecular flexibility index (Phi) is 4.82. The van der Waals surface area contributed by atoms with Gasteiger partial charge >= 0.3 is 0 Å². The lowest BCUT2D eigenvalue weighted by molar-refractivity contribution is 0.190. The first-order valence-electron chi connectivity index (χ1n) is 6.58. The van der Waals surface area contributed by atoms with Crippen LogP contribution >= 0.6 is 0 Å². The van der Waals surface area contributed by atoms with Gasteiger partial charge in [-0.15, -0.1) is 0 Å². The van der Waals surface area contributed by atoms with Gasteiger partial charge in [-0.1, -0.05) is 30.0 Å². The van der Waals surface area contributed by atoms with Crippen LogP contribution in [0.1, 0.15) is 31.2 Å². The van der Waals surface area contributed by atoms with Crippen LogP contribution in [0.25, 0.3) is 0 Å². The van der Waals surface area contributed by atoms with E-state index in [9.17, 15) is 0 Å². The molecule has 1 aromatic rings. The zero-order valence-electron chi connectivity index (χ0n) is 10.6. The van der Waals surface area contributed by atoms with Gasteiger partial charge in [-0.05, 0) is 37.9 Å². The molecule has 1 fully saturated rings. The molecule has 92 valence electrons. The normalized spacial score (nSPS) is 19.6. The summed E-state index contributed by atoms with van der Waals surface area (Å²) >= 11 is 0. The van der Waals surface area contributed by atoms with E-state index >= 15 is 0 Å². The molecule has 1 aliphatic rings. The maximum Gasteiger partial charge on any atom is 0.0718 e. The van der Waals surface area contributed by atoms with Crippen LogP contribution in [-0.2, 0) is 0 Å². The van der Waals surface area contributed by atoms with Crippen molar-refractivity contribution in [1.82, 2.24) is 4.90 Å². The maximum atomic E-state index is 8.68. The Labute approximate surface area is 109 Å². The van der Waals surface area contributed by atoms with E-state index in [0.717, 1.165) is 25.1 Å². The van der Waals surface area contributed by atoms with Crippen LogP contribution in [0.4, 0.5) is 0 Å². The highest BCUT2D eigenvalue weighted by atomic mass is 15.2. The lowest BCUT2D eigenvalue weighted by Crippen LogP contribution is -2.39. The van der Waals surface area contributed by atoms with E-state index in [2.05, 4.69) is 22.8 Å². The molecule has 0 spiro atoms. The van der Waals surface area contributed by atoms with Crippen molar-refractivity contribution < 1.29 is 0 Å². The number of nitrogens with zero attached hydrogens (tertiary/aromatic N) is 2. The smallest absolute Gasteiger partial charge is 0.0718 e. The second-order valence-corrected chi connectivity index (χ2v) is 4.59. The van der Waals surface area contributed by atoms with Gasteiger partial charge in [-0.3, -0.25) is 4.90 Å². The molecule has 1 aliphatic heterocycles. The number of likely N-dealkylation sites (tertiary alicyclic amines) is 1. The second-order valence-electron chi connectivity index (χ2n) is 4.59. The number of hydrogen-bond donors (Lipinski definition) is 0. The monoisotopic (exact) mass is 238 g/mol. The first-order valence-corrected chi connectivity index (χ1v) is 6.58. The summed E-state index contributed by atoms with van der Waals surface area (Å²) in [5.74, 6) is 6.61. The predicted octanol–water partition coefficient (Wildman–Crippen LogP) is 2.81. The van der Waals surface area contributed by atoms with Crippen molar-refractivity contribution in [2.75, 3.05) is 13.1 Å². The molecule has 1 saturated heterocycles. The van der Waals surface area contributed by atoms with E-state index in [1.807, 2.05) is 30.3 Å². The quantitative estimate of drug-likeness (QED) is 0.741. The van der Waals surface area contributed by atoms with Crippen molar-refractivity contribution in [3.8, 4) is 17.9 Å². The summed E-state index contributed by atoms with van der Waals surface area (Å²) in [7, 11) is 0. The maximum absolute atomic E-state index is 8.68. The van der Waals surface area contributed by atoms with Crippen LogP contribution in [0.15, 0.2) is 30.3 Å². The van der Waals surface area contributed by atoms with E-state index in [0.29, 0.717) is 12.5 Å². The summed E-state index contributed by atoms with van der Waals surface area (Å²) in [5.41, 5.74) is 1.07. The molecule has 18 heavy (non-hydrogen) atoms. The fraction of sp³-hybridized carbons (Fsp3) is 0.438. The van der Waals surface area contributed by atoms with E-state index in [1.54, 1.807) is 0 Å². The number of nitriles is 1. The number of piperidine rings is 1. The Hall–Kier alpha value is -1.77. The van der Waals surface area contributed by atoms with Crippen LogP contribution < -0.4 is 0 Å².